The van der Waals surface area contributed by atoms with Crippen LogP contribution in [0.25, 0.3) is 0 Å². The van der Waals surface area contributed by atoms with Crippen molar-refractivity contribution in [2.75, 3.05) is 11.9 Å². The molecule has 0 radical (unpaired) electrons. The Balaban J connectivity index is 1.63. The third-order valence-electron chi connectivity index (χ3n) is 5.66. The number of carbonyl (C=O) groups is 1. The maximum absolute atomic E-state index is 12.2. The van der Waals surface area contributed by atoms with Gasteiger partial charge in [-0.3, -0.25) is 0 Å². The first-order valence-corrected chi connectivity index (χ1v) is 10.6. The second-order valence-corrected chi connectivity index (χ2v) is 7.65. The lowest BCUT2D eigenvalue weighted by atomic mass is 9.83. The van der Waals surface area contributed by atoms with E-state index in [1.165, 1.54) is 22.3 Å². The molecule has 0 aliphatic heterocycles. The van der Waals surface area contributed by atoms with Gasteiger partial charge in [-0.05, 0) is 54.5 Å². The highest BCUT2D eigenvalue weighted by Crippen LogP contribution is 2.34. The Kier molecular flexibility index (Phi) is 6.33. The van der Waals surface area contributed by atoms with Gasteiger partial charge in [0.25, 0.3) is 0 Å². The van der Waals surface area contributed by atoms with Crippen molar-refractivity contribution in [3.63, 3.8) is 0 Å². The number of nitrogens with one attached hydrogen (secondary N) is 2. The van der Waals surface area contributed by atoms with Crippen LogP contribution in [0.2, 0.25) is 0 Å². The number of alkyl carbamates (subject to hydrolysis) is 1. The molecule has 0 fully saturated rings. The summed E-state index contributed by atoms with van der Waals surface area (Å²) in [7, 11) is 0. The first-order chi connectivity index (χ1) is 14.7. The first kappa shape index (κ1) is 20.0. The van der Waals surface area contributed by atoms with Gasteiger partial charge in [-0.25, -0.2) is 4.79 Å². The van der Waals surface area contributed by atoms with E-state index in [4.69, 9.17) is 4.74 Å². The molecule has 3 aromatic carbocycles. The Morgan fingerprint density at radius 1 is 0.967 bits per heavy atom. The number of carbonyl (C=O) groups excluding carboxylic acids is 1. The van der Waals surface area contributed by atoms with Crippen molar-refractivity contribution >= 4 is 11.8 Å². The molecule has 1 amide bonds. The Bertz CT molecular complexity index is 987. The van der Waals surface area contributed by atoms with Gasteiger partial charge < -0.3 is 15.4 Å². The minimum absolute atomic E-state index is 0.0173. The highest BCUT2D eigenvalue weighted by molar-refractivity contribution is 5.68. The average Bonchev–Trinajstić information content (AvgIpc) is 2.77. The third kappa shape index (κ3) is 4.65. The molecule has 2 atom stereocenters. The fourth-order valence-corrected chi connectivity index (χ4v) is 4.22. The summed E-state index contributed by atoms with van der Waals surface area (Å²) in [5.41, 5.74) is 6.18. The molecule has 0 aromatic heterocycles. The summed E-state index contributed by atoms with van der Waals surface area (Å²) in [6.45, 7) is 2.19. The monoisotopic (exact) mass is 400 g/mol. The van der Waals surface area contributed by atoms with Crippen LogP contribution >= 0.6 is 0 Å². The van der Waals surface area contributed by atoms with E-state index >= 15 is 0 Å². The quantitative estimate of drug-likeness (QED) is 0.575. The van der Waals surface area contributed by atoms with Gasteiger partial charge in [-0.15, -0.1) is 0 Å². The van der Waals surface area contributed by atoms with Crippen LogP contribution in [0.4, 0.5) is 10.5 Å². The van der Waals surface area contributed by atoms with E-state index in [1.54, 1.807) is 0 Å². The van der Waals surface area contributed by atoms with Crippen molar-refractivity contribution in [3.8, 4) is 0 Å². The normalized spacial score (nSPS) is 17.6. The molecule has 0 saturated heterocycles. The largest absolute Gasteiger partial charge is 0.450 e. The Morgan fingerprint density at radius 2 is 1.70 bits per heavy atom. The summed E-state index contributed by atoms with van der Waals surface area (Å²) in [6.07, 6.45) is 2.31. The van der Waals surface area contributed by atoms with Crippen molar-refractivity contribution in [2.45, 2.75) is 38.3 Å². The molecule has 30 heavy (non-hydrogen) atoms. The van der Waals surface area contributed by atoms with E-state index in [0.29, 0.717) is 6.61 Å². The zero-order valence-corrected chi connectivity index (χ0v) is 17.3. The lowest BCUT2D eigenvalue weighted by molar-refractivity contribution is 0.145. The van der Waals surface area contributed by atoms with Crippen molar-refractivity contribution in [1.82, 2.24) is 5.32 Å². The van der Waals surface area contributed by atoms with Crippen molar-refractivity contribution in [2.24, 2.45) is 0 Å². The summed E-state index contributed by atoms with van der Waals surface area (Å²) in [5, 5.41) is 6.83. The summed E-state index contributed by atoms with van der Waals surface area (Å²) in [6, 6.07) is 27.3. The highest BCUT2D eigenvalue weighted by atomic mass is 16.5. The van der Waals surface area contributed by atoms with Gasteiger partial charge in [0.05, 0.1) is 18.7 Å². The third-order valence-corrected chi connectivity index (χ3v) is 5.66. The number of aryl methyl sites for hydroxylation is 1. The lowest BCUT2D eigenvalue weighted by Crippen LogP contribution is -2.44. The van der Waals surface area contributed by atoms with Gasteiger partial charge in [-0.1, -0.05) is 72.8 Å². The summed E-state index contributed by atoms with van der Waals surface area (Å²) < 4.78 is 5.16. The van der Waals surface area contributed by atoms with Crippen LogP contribution in [0.5, 0.6) is 0 Å². The fourth-order valence-electron chi connectivity index (χ4n) is 4.22. The number of anilines is 1. The number of para-hydroxylation sites is 1. The minimum Gasteiger partial charge on any atom is -0.450 e. The van der Waals surface area contributed by atoms with Gasteiger partial charge in [0.15, 0.2) is 0 Å². The predicted molar refractivity (Wildman–Crippen MR) is 121 cm³/mol. The summed E-state index contributed by atoms with van der Waals surface area (Å²) >= 11 is 0. The number of benzene rings is 3. The lowest BCUT2D eigenvalue weighted by Gasteiger charge is -2.35. The molecule has 0 spiro atoms. The Labute approximate surface area is 178 Å². The number of hydrogen-bond donors (Lipinski definition) is 2. The molecular weight excluding hydrogens is 372 g/mol. The van der Waals surface area contributed by atoms with Crippen LogP contribution in [0.1, 0.15) is 41.6 Å². The molecule has 3 aromatic rings. The minimum atomic E-state index is -0.355. The van der Waals surface area contributed by atoms with Gasteiger partial charge in [0, 0.05) is 5.69 Å². The molecule has 0 unspecified atom stereocenters. The summed E-state index contributed by atoms with van der Waals surface area (Å²) in [5.74, 6) is 0. The van der Waals surface area contributed by atoms with Crippen LogP contribution in [-0.2, 0) is 17.6 Å². The molecule has 2 N–H and O–H groups in total. The fraction of sp³-hybridized carbons (Fsp3) is 0.269. The second kappa shape index (κ2) is 9.49. The van der Waals surface area contributed by atoms with Crippen molar-refractivity contribution < 1.29 is 9.53 Å². The number of ether oxygens (including phenoxy) is 1. The van der Waals surface area contributed by atoms with E-state index in [1.807, 2.05) is 13.0 Å². The van der Waals surface area contributed by atoms with E-state index in [9.17, 15) is 4.79 Å². The van der Waals surface area contributed by atoms with Crippen LogP contribution in [-0.4, -0.2) is 18.7 Å². The van der Waals surface area contributed by atoms with Gasteiger partial charge >= 0.3 is 6.09 Å². The van der Waals surface area contributed by atoms with Crippen LogP contribution in [0.3, 0.4) is 0 Å². The molecule has 0 saturated carbocycles. The summed E-state index contributed by atoms with van der Waals surface area (Å²) in [4.78, 5) is 12.2. The van der Waals surface area contributed by atoms with Gasteiger partial charge in [0.1, 0.15) is 0 Å². The van der Waals surface area contributed by atoms with E-state index in [-0.39, 0.29) is 18.2 Å². The number of amides is 1. The molecule has 0 bridgehead atoms. The molecule has 0 heterocycles. The molecule has 154 valence electrons. The molecule has 4 heteroatoms. The van der Waals surface area contributed by atoms with E-state index in [2.05, 4.69) is 83.4 Å². The van der Waals surface area contributed by atoms with Gasteiger partial charge in [-0.2, -0.15) is 0 Å². The average molecular weight is 401 g/mol. The maximum atomic E-state index is 12.2. The molecule has 4 rings (SSSR count). The zero-order chi connectivity index (χ0) is 20.8. The van der Waals surface area contributed by atoms with Crippen LogP contribution in [0, 0.1) is 0 Å². The number of hydrogen-bond acceptors (Lipinski definition) is 3. The predicted octanol–water partition coefficient (Wildman–Crippen LogP) is 5.49. The smallest absolute Gasteiger partial charge is 0.407 e. The number of rotatable bonds is 6. The molecular formula is C26H28N2O2. The van der Waals surface area contributed by atoms with Crippen molar-refractivity contribution in [1.29, 1.82) is 0 Å². The van der Waals surface area contributed by atoms with Gasteiger partial charge in [0.2, 0.25) is 0 Å². The second-order valence-electron chi connectivity index (χ2n) is 7.65. The van der Waals surface area contributed by atoms with E-state index in [0.717, 1.165) is 24.9 Å². The van der Waals surface area contributed by atoms with Crippen LogP contribution < -0.4 is 10.6 Å². The molecule has 4 nitrogen and oxygen atoms in total. The highest BCUT2D eigenvalue weighted by Gasteiger charge is 2.31. The standard InChI is InChI=1S/C26H28N2O2/c1-2-30-26(29)28-24-17-16-20-12-6-8-14-22(20)25(24)27-23-15-9-7-13-21(23)18-19-10-4-3-5-11-19/h3-15,24-25,27H,2,16-18H2,1H3,(H,28,29)/t24-,25-/m1/s1. The zero-order valence-electron chi connectivity index (χ0n) is 17.3. The first-order valence-electron chi connectivity index (χ1n) is 10.6. The van der Waals surface area contributed by atoms with Crippen LogP contribution in [0.15, 0.2) is 78.9 Å². The Morgan fingerprint density at radius 3 is 2.53 bits per heavy atom. The van der Waals surface area contributed by atoms with Crippen molar-refractivity contribution in [3.05, 3.63) is 101 Å². The SMILES string of the molecule is CCOC(=O)N[C@@H]1CCc2ccccc2[C@H]1Nc1ccccc1Cc1ccccc1. The molecule has 1 aliphatic rings. The molecule has 1 aliphatic carbocycles. The Hall–Kier alpha value is -3.27. The topological polar surface area (TPSA) is 50.4 Å². The number of fused-ring (bicyclic) bond motifs is 1. The van der Waals surface area contributed by atoms with E-state index < -0.39 is 0 Å². The maximum Gasteiger partial charge on any atom is 0.407 e.